The molecule has 0 aliphatic rings. The molecule has 0 heterocycles. The van der Waals surface area contributed by atoms with Crippen molar-refractivity contribution in [2.24, 2.45) is 0 Å². The van der Waals surface area contributed by atoms with E-state index in [4.69, 9.17) is 9.47 Å². The van der Waals surface area contributed by atoms with Crippen LogP contribution in [0.25, 0.3) is 0 Å². The summed E-state index contributed by atoms with van der Waals surface area (Å²) in [7, 11) is 1.59. The van der Waals surface area contributed by atoms with Crippen molar-refractivity contribution in [1.29, 1.82) is 0 Å². The molecule has 0 radical (unpaired) electrons. The predicted molar refractivity (Wildman–Crippen MR) is 69.5 cm³/mol. The summed E-state index contributed by atoms with van der Waals surface area (Å²) in [6.07, 6.45) is 0. The van der Waals surface area contributed by atoms with E-state index >= 15 is 0 Å². The molecule has 0 spiro atoms. The Kier molecular flexibility index (Phi) is 6.00. The molecule has 1 rings (SSSR count). The second-order valence-electron chi connectivity index (χ2n) is 3.32. The third-order valence-electron chi connectivity index (χ3n) is 2.08. The van der Waals surface area contributed by atoms with Gasteiger partial charge < -0.3 is 14.8 Å². The molecule has 0 bridgehead atoms. The van der Waals surface area contributed by atoms with E-state index < -0.39 is 0 Å². The molecule has 0 fully saturated rings. The van der Waals surface area contributed by atoms with Gasteiger partial charge >= 0.3 is 0 Å². The SMILES string of the molecule is CCOc1ccc(Br)cc1C(=O)NCCOC. The van der Waals surface area contributed by atoms with E-state index in [1.807, 2.05) is 13.0 Å². The van der Waals surface area contributed by atoms with Gasteiger partial charge in [-0.05, 0) is 25.1 Å². The van der Waals surface area contributed by atoms with Crippen molar-refractivity contribution in [2.45, 2.75) is 6.92 Å². The highest BCUT2D eigenvalue weighted by molar-refractivity contribution is 9.10. The van der Waals surface area contributed by atoms with Crippen molar-refractivity contribution < 1.29 is 14.3 Å². The van der Waals surface area contributed by atoms with Gasteiger partial charge in [0.05, 0.1) is 18.8 Å². The zero-order valence-corrected chi connectivity index (χ0v) is 11.5. The van der Waals surface area contributed by atoms with Crippen LogP contribution in [0.5, 0.6) is 5.75 Å². The molecule has 1 aromatic carbocycles. The van der Waals surface area contributed by atoms with Gasteiger partial charge in [-0.2, -0.15) is 0 Å². The van der Waals surface area contributed by atoms with Crippen molar-refractivity contribution in [3.63, 3.8) is 0 Å². The summed E-state index contributed by atoms with van der Waals surface area (Å²) < 4.78 is 11.1. The Hall–Kier alpha value is -1.07. The molecule has 0 saturated heterocycles. The van der Waals surface area contributed by atoms with E-state index in [1.54, 1.807) is 19.2 Å². The largest absolute Gasteiger partial charge is 0.493 e. The highest BCUT2D eigenvalue weighted by Crippen LogP contribution is 2.23. The lowest BCUT2D eigenvalue weighted by Crippen LogP contribution is -2.27. The van der Waals surface area contributed by atoms with Crippen LogP contribution in [0.15, 0.2) is 22.7 Å². The lowest BCUT2D eigenvalue weighted by molar-refractivity contribution is 0.0933. The summed E-state index contributed by atoms with van der Waals surface area (Å²) >= 11 is 3.34. The lowest BCUT2D eigenvalue weighted by atomic mass is 10.2. The van der Waals surface area contributed by atoms with Crippen LogP contribution in [0.1, 0.15) is 17.3 Å². The van der Waals surface area contributed by atoms with Crippen LogP contribution >= 0.6 is 15.9 Å². The topological polar surface area (TPSA) is 47.6 Å². The third kappa shape index (κ3) is 4.36. The second-order valence-corrected chi connectivity index (χ2v) is 4.24. The second kappa shape index (κ2) is 7.29. The van der Waals surface area contributed by atoms with Gasteiger partial charge in [-0.25, -0.2) is 0 Å². The van der Waals surface area contributed by atoms with Gasteiger partial charge in [0.2, 0.25) is 0 Å². The van der Waals surface area contributed by atoms with E-state index in [0.29, 0.717) is 31.1 Å². The van der Waals surface area contributed by atoms with E-state index in [0.717, 1.165) is 4.47 Å². The van der Waals surface area contributed by atoms with Crippen LogP contribution in [0.2, 0.25) is 0 Å². The van der Waals surface area contributed by atoms with Gasteiger partial charge in [0.1, 0.15) is 5.75 Å². The van der Waals surface area contributed by atoms with E-state index in [-0.39, 0.29) is 5.91 Å². The molecule has 1 aromatic rings. The Morgan fingerprint density at radius 1 is 1.47 bits per heavy atom. The number of ether oxygens (including phenoxy) is 2. The van der Waals surface area contributed by atoms with Crippen LogP contribution in [-0.4, -0.2) is 32.8 Å². The van der Waals surface area contributed by atoms with Gasteiger partial charge in [0.15, 0.2) is 0 Å². The van der Waals surface area contributed by atoms with Crippen LogP contribution in [-0.2, 0) is 4.74 Å². The summed E-state index contributed by atoms with van der Waals surface area (Å²) in [6, 6.07) is 5.36. The molecule has 0 atom stereocenters. The minimum Gasteiger partial charge on any atom is -0.493 e. The van der Waals surface area contributed by atoms with Crippen LogP contribution < -0.4 is 10.1 Å². The Labute approximate surface area is 109 Å². The molecule has 17 heavy (non-hydrogen) atoms. The minimum absolute atomic E-state index is 0.160. The van der Waals surface area contributed by atoms with Crippen molar-refractivity contribution in [1.82, 2.24) is 5.32 Å². The molecule has 0 saturated carbocycles. The monoisotopic (exact) mass is 301 g/mol. The third-order valence-corrected chi connectivity index (χ3v) is 2.57. The van der Waals surface area contributed by atoms with Gasteiger partial charge in [-0.1, -0.05) is 15.9 Å². The van der Waals surface area contributed by atoms with E-state index in [2.05, 4.69) is 21.2 Å². The van der Waals surface area contributed by atoms with Crippen LogP contribution in [0.4, 0.5) is 0 Å². The summed E-state index contributed by atoms with van der Waals surface area (Å²) in [6.45, 7) is 3.38. The molecule has 0 aromatic heterocycles. The zero-order valence-electron chi connectivity index (χ0n) is 9.96. The van der Waals surface area contributed by atoms with Gasteiger partial charge in [-0.15, -0.1) is 0 Å². The average Bonchev–Trinajstić information content (AvgIpc) is 2.32. The number of benzene rings is 1. The fraction of sp³-hybridized carbons (Fsp3) is 0.417. The first-order valence-electron chi connectivity index (χ1n) is 5.38. The van der Waals surface area contributed by atoms with Crippen molar-refractivity contribution in [3.8, 4) is 5.75 Å². The van der Waals surface area contributed by atoms with Gasteiger partial charge in [-0.3, -0.25) is 4.79 Å². The molecule has 5 heteroatoms. The molecule has 94 valence electrons. The molecular weight excluding hydrogens is 286 g/mol. The Balaban J connectivity index is 2.78. The molecule has 0 unspecified atom stereocenters. The number of halogens is 1. The summed E-state index contributed by atoms with van der Waals surface area (Å²) in [5.74, 6) is 0.428. The van der Waals surface area contributed by atoms with Crippen LogP contribution in [0, 0.1) is 0 Å². The highest BCUT2D eigenvalue weighted by Gasteiger charge is 2.12. The summed E-state index contributed by atoms with van der Waals surface area (Å²) in [5, 5.41) is 2.76. The van der Waals surface area contributed by atoms with Crippen molar-refractivity contribution in [3.05, 3.63) is 28.2 Å². The molecular formula is C12H16BrNO3. The van der Waals surface area contributed by atoms with Gasteiger partial charge in [0.25, 0.3) is 5.91 Å². The number of methoxy groups -OCH3 is 1. The number of rotatable bonds is 6. The van der Waals surface area contributed by atoms with Crippen molar-refractivity contribution >= 4 is 21.8 Å². The standard InChI is InChI=1S/C12H16BrNO3/c1-3-17-11-5-4-9(13)8-10(11)12(15)14-6-7-16-2/h4-5,8H,3,6-7H2,1-2H3,(H,14,15). The maximum absolute atomic E-state index is 11.9. The Morgan fingerprint density at radius 3 is 2.88 bits per heavy atom. The number of amides is 1. The first-order valence-corrected chi connectivity index (χ1v) is 6.17. The first-order chi connectivity index (χ1) is 8.19. The minimum atomic E-state index is -0.160. The average molecular weight is 302 g/mol. The Bertz CT molecular complexity index is 382. The molecule has 0 aliphatic carbocycles. The number of hydrogen-bond acceptors (Lipinski definition) is 3. The van der Waals surface area contributed by atoms with Crippen LogP contribution in [0.3, 0.4) is 0 Å². The summed E-state index contributed by atoms with van der Waals surface area (Å²) in [5.41, 5.74) is 0.525. The Morgan fingerprint density at radius 2 is 2.24 bits per heavy atom. The van der Waals surface area contributed by atoms with Crippen molar-refractivity contribution in [2.75, 3.05) is 26.9 Å². The molecule has 0 aliphatic heterocycles. The zero-order chi connectivity index (χ0) is 12.7. The number of nitrogens with one attached hydrogen (secondary N) is 1. The summed E-state index contributed by atoms with van der Waals surface area (Å²) in [4.78, 5) is 11.9. The fourth-order valence-electron chi connectivity index (χ4n) is 1.32. The number of hydrogen-bond donors (Lipinski definition) is 1. The smallest absolute Gasteiger partial charge is 0.255 e. The normalized spacial score (nSPS) is 10.1. The first kappa shape index (κ1) is 14.0. The maximum atomic E-state index is 11.9. The maximum Gasteiger partial charge on any atom is 0.255 e. The number of carbonyl (C=O) groups excluding carboxylic acids is 1. The van der Waals surface area contributed by atoms with E-state index in [1.165, 1.54) is 0 Å². The predicted octanol–water partition coefficient (Wildman–Crippen LogP) is 2.22. The quantitative estimate of drug-likeness (QED) is 0.820. The fourth-order valence-corrected chi connectivity index (χ4v) is 1.68. The molecule has 1 N–H and O–H groups in total. The highest BCUT2D eigenvalue weighted by atomic mass is 79.9. The molecule has 1 amide bonds. The number of carbonyl (C=O) groups is 1. The van der Waals surface area contributed by atoms with Gasteiger partial charge in [0, 0.05) is 18.1 Å². The van der Waals surface area contributed by atoms with E-state index in [9.17, 15) is 4.79 Å². The lowest BCUT2D eigenvalue weighted by Gasteiger charge is -2.10. The molecule has 4 nitrogen and oxygen atoms in total.